The summed E-state index contributed by atoms with van der Waals surface area (Å²) in [4.78, 5) is 2.33. The first-order chi connectivity index (χ1) is 5.57. The summed E-state index contributed by atoms with van der Waals surface area (Å²) in [5.74, 6) is 0.244. The summed E-state index contributed by atoms with van der Waals surface area (Å²) < 4.78 is 13.4. The molecule has 1 aliphatic heterocycles. The quantitative estimate of drug-likeness (QED) is 0.565. The maximum absolute atomic E-state index is 12.5. The Labute approximate surface area is 74.5 Å². The second-order valence-electron chi connectivity index (χ2n) is 4.45. The predicted octanol–water partition coefficient (Wildman–Crippen LogP) is 0.942. The fraction of sp³-hybridized carbons (Fsp3) is 1.00. The van der Waals surface area contributed by atoms with E-state index in [0.717, 1.165) is 30.8 Å². The van der Waals surface area contributed by atoms with E-state index in [-0.39, 0.29) is 12.6 Å². The number of alkyl halides is 1. The first kappa shape index (κ1) is 9.93. The maximum atomic E-state index is 12.5. The van der Waals surface area contributed by atoms with E-state index in [4.69, 9.17) is 0 Å². The van der Waals surface area contributed by atoms with Gasteiger partial charge < -0.3 is 4.48 Å². The fourth-order valence-electron chi connectivity index (χ4n) is 2.11. The van der Waals surface area contributed by atoms with E-state index in [1.54, 1.807) is 0 Å². The smallest absolute Gasteiger partial charge is 0.134 e. The molecule has 2 nitrogen and oxygen atoms in total. The number of rotatable bonds is 2. The Bertz CT molecular complexity index is 133. The van der Waals surface area contributed by atoms with Crippen molar-refractivity contribution in [1.29, 1.82) is 0 Å². The fourth-order valence-corrected chi connectivity index (χ4v) is 2.11. The van der Waals surface area contributed by atoms with Crippen LogP contribution in [0.25, 0.3) is 0 Å². The van der Waals surface area contributed by atoms with Gasteiger partial charge in [-0.05, 0) is 0 Å². The number of hydrogen-bond donors (Lipinski definition) is 0. The average Bonchev–Trinajstić information content (AvgIpc) is 2.01. The lowest BCUT2D eigenvalue weighted by molar-refractivity contribution is -0.910. The molecule has 1 saturated heterocycles. The SMILES string of the molecule is CCN1CC(CF)C[N+](C)(C)C1. The van der Waals surface area contributed by atoms with Crippen molar-refractivity contribution in [2.24, 2.45) is 5.92 Å². The van der Waals surface area contributed by atoms with Crippen LogP contribution in [0.3, 0.4) is 0 Å². The molecular formula is C9H20FN2+. The molecule has 0 N–H and O–H groups in total. The van der Waals surface area contributed by atoms with Crippen LogP contribution < -0.4 is 0 Å². The van der Waals surface area contributed by atoms with E-state index in [9.17, 15) is 4.39 Å². The molecule has 1 aliphatic rings. The van der Waals surface area contributed by atoms with Gasteiger partial charge in [0.1, 0.15) is 6.67 Å². The highest BCUT2D eigenvalue weighted by atomic mass is 19.1. The lowest BCUT2D eigenvalue weighted by atomic mass is 10.1. The van der Waals surface area contributed by atoms with E-state index in [0.29, 0.717) is 0 Å². The van der Waals surface area contributed by atoms with Gasteiger partial charge in [0.05, 0.1) is 27.3 Å². The Morgan fingerprint density at radius 1 is 1.50 bits per heavy atom. The van der Waals surface area contributed by atoms with Gasteiger partial charge >= 0.3 is 0 Å². The molecule has 0 amide bonds. The first-order valence-corrected chi connectivity index (χ1v) is 4.67. The standard InChI is InChI=1S/C9H20FN2/c1-4-11-6-9(5-10)7-12(2,3)8-11/h9H,4-8H2,1-3H3/q+1. The van der Waals surface area contributed by atoms with E-state index < -0.39 is 0 Å². The van der Waals surface area contributed by atoms with Gasteiger partial charge in [-0.2, -0.15) is 0 Å². The maximum Gasteiger partial charge on any atom is 0.134 e. The minimum Gasteiger partial charge on any atom is -0.316 e. The Morgan fingerprint density at radius 2 is 2.17 bits per heavy atom. The summed E-state index contributed by atoms with van der Waals surface area (Å²) in [6, 6.07) is 0. The molecule has 0 spiro atoms. The highest BCUT2D eigenvalue weighted by Crippen LogP contribution is 2.16. The van der Waals surface area contributed by atoms with Crippen molar-refractivity contribution in [2.75, 3.05) is 47.1 Å². The minimum absolute atomic E-state index is 0.168. The highest BCUT2D eigenvalue weighted by molar-refractivity contribution is 4.66. The molecule has 12 heavy (non-hydrogen) atoms. The van der Waals surface area contributed by atoms with Crippen molar-refractivity contribution < 1.29 is 8.87 Å². The first-order valence-electron chi connectivity index (χ1n) is 4.67. The highest BCUT2D eigenvalue weighted by Gasteiger charge is 2.31. The van der Waals surface area contributed by atoms with Crippen molar-refractivity contribution in [3.63, 3.8) is 0 Å². The van der Waals surface area contributed by atoms with Crippen molar-refractivity contribution in [3.8, 4) is 0 Å². The van der Waals surface area contributed by atoms with E-state index in [2.05, 4.69) is 25.9 Å². The summed E-state index contributed by atoms with van der Waals surface area (Å²) in [6.07, 6.45) is 0. The molecule has 0 radical (unpaired) electrons. The van der Waals surface area contributed by atoms with Gasteiger partial charge in [0, 0.05) is 19.0 Å². The van der Waals surface area contributed by atoms with Crippen LogP contribution >= 0.6 is 0 Å². The Morgan fingerprint density at radius 3 is 2.67 bits per heavy atom. The Hall–Kier alpha value is -0.150. The summed E-state index contributed by atoms with van der Waals surface area (Å²) in [5, 5.41) is 0. The minimum atomic E-state index is -0.168. The van der Waals surface area contributed by atoms with Gasteiger partial charge in [0.15, 0.2) is 0 Å². The van der Waals surface area contributed by atoms with Crippen molar-refractivity contribution in [2.45, 2.75) is 6.92 Å². The molecule has 0 saturated carbocycles. The zero-order valence-electron chi connectivity index (χ0n) is 8.39. The van der Waals surface area contributed by atoms with Crippen LogP contribution in [0.5, 0.6) is 0 Å². The molecule has 1 heterocycles. The third kappa shape index (κ3) is 2.42. The second-order valence-corrected chi connectivity index (χ2v) is 4.45. The van der Waals surface area contributed by atoms with Crippen LogP contribution in [-0.4, -0.2) is 56.5 Å². The normalized spacial score (nSPS) is 30.5. The lowest BCUT2D eigenvalue weighted by Gasteiger charge is -2.42. The molecule has 0 aromatic carbocycles. The zero-order chi connectivity index (χ0) is 9.19. The number of halogens is 1. The molecule has 3 heteroatoms. The van der Waals surface area contributed by atoms with Crippen LogP contribution in [0.2, 0.25) is 0 Å². The Balaban J connectivity index is 2.53. The van der Waals surface area contributed by atoms with Crippen molar-refractivity contribution in [3.05, 3.63) is 0 Å². The van der Waals surface area contributed by atoms with Crippen LogP contribution in [0, 0.1) is 5.92 Å². The molecule has 0 bridgehead atoms. The monoisotopic (exact) mass is 175 g/mol. The molecule has 1 atom stereocenters. The van der Waals surface area contributed by atoms with Gasteiger partial charge in [-0.3, -0.25) is 9.29 Å². The molecular weight excluding hydrogens is 155 g/mol. The number of quaternary nitrogens is 1. The van der Waals surface area contributed by atoms with Gasteiger partial charge in [-0.25, -0.2) is 0 Å². The molecule has 0 aromatic rings. The molecule has 0 aliphatic carbocycles. The molecule has 72 valence electrons. The van der Waals surface area contributed by atoms with Crippen molar-refractivity contribution in [1.82, 2.24) is 4.90 Å². The largest absolute Gasteiger partial charge is 0.316 e. The van der Waals surface area contributed by atoms with E-state index >= 15 is 0 Å². The van der Waals surface area contributed by atoms with E-state index in [1.807, 2.05) is 0 Å². The summed E-state index contributed by atoms with van der Waals surface area (Å²) in [5.41, 5.74) is 0. The second kappa shape index (κ2) is 3.71. The molecule has 1 rings (SSSR count). The van der Waals surface area contributed by atoms with Crippen LogP contribution in [-0.2, 0) is 0 Å². The van der Waals surface area contributed by atoms with Crippen LogP contribution in [0.1, 0.15) is 6.92 Å². The third-order valence-electron chi connectivity index (χ3n) is 2.52. The van der Waals surface area contributed by atoms with Crippen LogP contribution in [0.15, 0.2) is 0 Å². The van der Waals surface area contributed by atoms with Gasteiger partial charge in [0.25, 0.3) is 0 Å². The summed E-state index contributed by atoms with van der Waals surface area (Å²) >= 11 is 0. The van der Waals surface area contributed by atoms with Gasteiger partial charge in [-0.1, -0.05) is 6.92 Å². The van der Waals surface area contributed by atoms with Crippen LogP contribution in [0.4, 0.5) is 4.39 Å². The molecule has 1 fully saturated rings. The summed E-state index contributed by atoms with van der Waals surface area (Å²) in [7, 11) is 4.34. The third-order valence-corrected chi connectivity index (χ3v) is 2.52. The summed E-state index contributed by atoms with van der Waals surface area (Å²) in [6.45, 7) is 5.99. The predicted molar refractivity (Wildman–Crippen MR) is 48.6 cm³/mol. The average molecular weight is 175 g/mol. The van der Waals surface area contributed by atoms with Gasteiger partial charge in [0.2, 0.25) is 0 Å². The molecule has 1 unspecified atom stereocenters. The zero-order valence-corrected chi connectivity index (χ0v) is 8.39. The Kier molecular flexibility index (Phi) is 3.07. The van der Waals surface area contributed by atoms with Crippen molar-refractivity contribution >= 4 is 0 Å². The molecule has 0 aromatic heterocycles. The lowest BCUT2D eigenvalue weighted by Crippen LogP contribution is -2.58. The van der Waals surface area contributed by atoms with Gasteiger partial charge in [-0.15, -0.1) is 0 Å². The number of hydrogen-bond acceptors (Lipinski definition) is 1. The topological polar surface area (TPSA) is 3.24 Å². The van der Waals surface area contributed by atoms with E-state index in [1.165, 1.54) is 0 Å². The number of nitrogens with zero attached hydrogens (tertiary/aromatic N) is 2.